The zero-order valence-corrected chi connectivity index (χ0v) is 14.0. The normalized spacial score (nSPS) is 27.3. The second-order valence-corrected chi connectivity index (χ2v) is 7.13. The zero-order chi connectivity index (χ0) is 16.4. The Balaban J connectivity index is 1.26. The molecule has 0 aliphatic carbocycles. The van der Waals surface area contributed by atoms with Crippen molar-refractivity contribution in [2.45, 2.75) is 25.0 Å². The lowest BCUT2D eigenvalue weighted by atomic mass is 9.84. The van der Waals surface area contributed by atoms with E-state index in [1.807, 2.05) is 24.3 Å². The van der Waals surface area contributed by atoms with Gasteiger partial charge in [0.15, 0.2) is 0 Å². The second-order valence-electron chi connectivity index (χ2n) is 7.13. The van der Waals surface area contributed by atoms with E-state index >= 15 is 0 Å². The first-order valence-electron chi connectivity index (χ1n) is 9.03. The van der Waals surface area contributed by atoms with E-state index in [0.717, 1.165) is 23.6 Å². The fourth-order valence-electron chi connectivity index (χ4n) is 3.99. The quantitative estimate of drug-likeness (QED) is 0.855. The molecule has 0 saturated carbocycles. The number of nitrogens with zero attached hydrogens (tertiary/aromatic N) is 1. The van der Waals surface area contributed by atoms with E-state index in [1.54, 1.807) is 0 Å². The first-order chi connectivity index (χ1) is 11.8. The Kier molecular flexibility index (Phi) is 4.69. The minimum atomic E-state index is -0.480. The van der Waals surface area contributed by atoms with Gasteiger partial charge in [0.2, 0.25) is 0 Å². The van der Waals surface area contributed by atoms with E-state index in [4.69, 9.17) is 4.74 Å². The Morgan fingerprint density at radius 2 is 1.92 bits per heavy atom. The fraction of sp³-hybridized carbons (Fsp3) is 0.500. The molecule has 2 atom stereocenters. The summed E-state index contributed by atoms with van der Waals surface area (Å²) in [6, 6.07) is 14.8. The van der Waals surface area contributed by atoms with Crippen LogP contribution in [0, 0.1) is 5.92 Å². The monoisotopic (exact) mass is 326 g/mol. The van der Waals surface area contributed by atoms with E-state index in [9.17, 15) is 5.11 Å². The third kappa shape index (κ3) is 3.56. The molecular weight excluding hydrogens is 300 g/mol. The number of benzene rings is 2. The number of rotatable bonds is 6. The number of nitrogens with one attached hydrogen (secondary N) is 1. The van der Waals surface area contributed by atoms with E-state index in [1.165, 1.54) is 31.3 Å². The molecule has 3 fully saturated rings. The standard InChI is InChI=1S/C20H26N2O2/c23-18(12-21-20-13-22-9-7-16(20)8-10-22)14-24-19-6-5-15-3-1-2-4-17(15)11-19/h1-6,11,16,18,20-21,23H,7-10,12-14H2/t18-,20-/m1/s1. The molecule has 0 unspecified atom stereocenters. The van der Waals surface area contributed by atoms with Crippen LogP contribution in [0.4, 0.5) is 0 Å². The van der Waals surface area contributed by atoms with Gasteiger partial charge in [-0.25, -0.2) is 0 Å². The summed E-state index contributed by atoms with van der Waals surface area (Å²) in [4.78, 5) is 2.52. The molecule has 3 aliphatic heterocycles. The average Bonchev–Trinajstić information content (AvgIpc) is 2.65. The molecule has 3 saturated heterocycles. The van der Waals surface area contributed by atoms with Crippen molar-refractivity contribution in [2.75, 3.05) is 32.8 Å². The van der Waals surface area contributed by atoms with Crippen molar-refractivity contribution in [3.05, 3.63) is 42.5 Å². The first-order valence-corrected chi connectivity index (χ1v) is 9.03. The van der Waals surface area contributed by atoms with Crippen LogP contribution in [0.15, 0.2) is 42.5 Å². The molecule has 2 N–H and O–H groups in total. The van der Waals surface area contributed by atoms with Crippen LogP contribution < -0.4 is 10.1 Å². The summed E-state index contributed by atoms with van der Waals surface area (Å²) in [5.41, 5.74) is 0. The first kappa shape index (κ1) is 15.9. The third-order valence-electron chi connectivity index (χ3n) is 5.44. The predicted molar refractivity (Wildman–Crippen MR) is 96.4 cm³/mol. The highest BCUT2D eigenvalue weighted by molar-refractivity contribution is 5.83. The molecule has 4 heteroatoms. The summed E-state index contributed by atoms with van der Waals surface area (Å²) < 4.78 is 5.78. The lowest BCUT2D eigenvalue weighted by molar-refractivity contribution is 0.0551. The van der Waals surface area contributed by atoms with Crippen molar-refractivity contribution in [3.63, 3.8) is 0 Å². The van der Waals surface area contributed by atoms with E-state index in [2.05, 4.69) is 28.4 Å². The predicted octanol–water partition coefficient (Wildman–Crippen LogP) is 2.26. The maximum absolute atomic E-state index is 10.2. The Morgan fingerprint density at radius 3 is 2.67 bits per heavy atom. The molecule has 3 aliphatic rings. The van der Waals surface area contributed by atoms with Gasteiger partial charge in [-0.05, 0) is 54.8 Å². The second kappa shape index (κ2) is 7.09. The number of fused-ring (bicyclic) bond motifs is 4. The lowest BCUT2D eigenvalue weighted by Gasteiger charge is -2.45. The molecule has 0 amide bonds. The summed E-state index contributed by atoms with van der Waals surface area (Å²) in [6.07, 6.45) is 2.11. The number of ether oxygens (including phenoxy) is 1. The molecule has 2 bridgehead atoms. The van der Waals surface area contributed by atoms with Crippen LogP contribution in [0.2, 0.25) is 0 Å². The Morgan fingerprint density at radius 1 is 1.12 bits per heavy atom. The van der Waals surface area contributed by atoms with Crippen LogP contribution in [-0.2, 0) is 0 Å². The summed E-state index contributed by atoms with van der Waals surface area (Å²) in [5, 5.41) is 16.1. The molecule has 2 aromatic carbocycles. The SMILES string of the molecule is O[C@H](CN[C@@H]1CN2CCC1CC2)COc1ccc2ccccc2c1. The van der Waals surface area contributed by atoms with Crippen molar-refractivity contribution >= 4 is 10.8 Å². The number of aliphatic hydroxyl groups excluding tert-OH is 1. The molecule has 24 heavy (non-hydrogen) atoms. The molecule has 0 aromatic heterocycles. The minimum absolute atomic E-state index is 0.326. The van der Waals surface area contributed by atoms with Gasteiger partial charge >= 0.3 is 0 Å². The fourth-order valence-corrected chi connectivity index (χ4v) is 3.99. The highest BCUT2D eigenvalue weighted by Gasteiger charge is 2.33. The molecule has 5 rings (SSSR count). The van der Waals surface area contributed by atoms with Crippen LogP contribution in [0.25, 0.3) is 10.8 Å². The molecular formula is C20H26N2O2. The van der Waals surface area contributed by atoms with Crippen LogP contribution in [0.1, 0.15) is 12.8 Å². The molecule has 4 nitrogen and oxygen atoms in total. The van der Waals surface area contributed by atoms with Gasteiger partial charge in [0, 0.05) is 19.1 Å². The number of piperidine rings is 3. The van der Waals surface area contributed by atoms with Gasteiger partial charge in [-0.3, -0.25) is 0 Å². The number of hydrogen-bond acceptors (Lipinski definition) is 4. The van der Waals surface area contributed by atoms with E-state index in [0.29, 0.717) is 19.2 Å². The zero-order valence-electron chi connectivity index (χ0n) is 14.0. The molecule has 128 valence electrons. The molecule has 0 radical (unpaired) electrons. The summed E-state index contributed by atoms with van der Waals surface area (Å²) in [5.74, 6) is 1.60. The Hall–Kier alpha value is -1.62. The Labute approximate surface area is 143 Å². The van der Waals surface area contributed by atoms with E-state index in [-0.39, 0.29) is 0 Å². The topological polar surface area (TPSA) is 44.7 Å². The van der Waals surface area contributed by atoms with Gasteiger partial charge in [-0.2, -0.15) is 0 Å². The number of aliphatic hydroxyl groups is 1. The van der Waals surface area contributed by atoms with Crippen molar-refractivity contribution < 1.29 is 9.84 Å². The molecule has 0 spiro atoms. The smallest absolute Gasteiger partial charge is 0.120 e. The highest BCUT2D eigenvalue weighted by atomic mass is 16.5. The summed E-state index contributed by atoms with van der Waals surface area (Å²) >= 11 is 0. The maximum Gasteiger partial charge on any atom is 0.120 e. The maximum atomic E-state index is 10.2. The van der Waals surface area contributed by atoms with Crippen molar-refractivity contribution in [2.24, 2.45) is 5.92 Å². The van der Waals surface area contributed by atoms with E-state index < -0.39 is 6.10 Å². The summed E-state index contributed by atoms with van der Waals surface area (Å²) in [7, 11) is 0. The van der Waals surface area contributed by atoms with Crippen molar-refractivity contribution in [1.82, 2.24) is 10.2 Å². The van der Waals surface area contributed by atoms with Gasteiger partial charge in [0.05, 0.1) is 0 Å². The molecule has 2 aromatic rings. The number of hydrogen-bond donors (Lipinski definition) is 2. The van der Waals surface area contributed by atoms with Crippen LogP contribution in [0.3, 0.4) is 0 Å². The lowest BCUT2D eigenvalue weighted by Crippen LogP contribution is -2.57. The third-order valence-corrected chi connectivity index (χ3v) is 5.44. The minimum Gasteiger partial charge on any atom is -0.491 e. The van der Waals surface area contributed by atoms with Gasteiger partial charge < -0.3 is 20.1 Å². The van der Waals surface area contributed by atoms with Crippen LogP contribution >= 0.6 is 0 Å². The van der Waals surface area contributed by atoms with Crippen molar-refractivity contribution in [3.8, 4) is 5.75 Å². The van der Waals surface area contributed by atoms with Gasteiger partial charge in [-0.15, -0.1) is 0 Å². The van der Waals surface area contributed by atoms with Gasteiger partial charge in [0.1, 0.15) is 18.5 Å². The van der Waals surface area contributed by atoms with Crippen molar-refractivity contribution in [1.29, 1.82) is 0 Å². The van der Waals surface area contributed by atoms with Crippen LogP contribution in [0.5, 0.6) is 5.75 Å². The summed E-state index contributed by atoms with van der Waals surface area (Å²) in [6.45, 7) is 4.55. The van der Waals surface area contributed by atoms with Gasteiger partial charge in [-0.1, -0.05) is 30.3 Å². The largest absolute Gasteiger partial charge is 0.491 e. The van der Waals surface area contributed by atoms with Crippen LogP contribution in [-0.4, -0.2) is 54.9 Å². The Bertz CT molecular complexity index is 682. The average molecular weight is 326 g/mol. The van der Waals surface area contributed by atoms with Gasteiger partial charge in [0.25, 0.3) is 0 Å². The molecule has 3 heterocycles. The highest BCUT2D eigenvalue weighted by Crippen LogP contribution is 2.27.